The first-order valence-corrected chi connectivity index (χ1v) is 17.4. The Morgan fingerprint density at radius 1 is 0.720 bits per heavy atom. The van der Waals surface area contributed by atoms with E-state index in [9.17, 15) is 23.7 Å². The summed E-state index contributed by atoms with van der Waals surface area (Å²) in [7, 11) is -2.82. The standard InChI is InChI=1S/C34H43N5O10S/c1-34(2,3)23-12-14-24(15-13-23)50(43,44)39-30-29(49-26-11-6-5-10-25(26)45-4)33(48-21-9-18-42)38-32(37-30)31-35-27(46-19-7-16-40)22-28(36-31)47-20-8-17-41/h5-6,10-15,22,40-42H,7-9,16-21H2,1-4H3,(H,37,38,39). The molecule has 0 fully saturated rings. The summed E-state index contributed by atoms with van der Waals surface area (Å²) in [5.41, 5.74) is 0.737. The maximum absolute atomic E-state index is 13.9. The van der Waals surface area contributed by atoms with Crippen LogP contribution in [-0.2, 0) is 15.4 Å². The van der Waals surface area contributed by atoms with Crippen LogP contribution in [0.4, 0.5) is 5.82 Å². The van der Waals surface area contributed by atoms with Crippen molar-refractivity contribution in [3.63, 3.8) is 0 Å². The zero-order chi connectivity index (χ0) is 36.1. The van der Waals surface area contributed by atoms with Gasteiger partial charge in [0.05, 0.1) is 37.9 Å². The van der Waals surface area contributed by atoms with E-state index in [0.29, 0.717) is 18.6 Å². The van der Waals surface area contributed by atoms with Crippen molar-refractivity contribution in [3.05, 3.63) is 60.2 Å². The maximum Gasteiger partial charge on any atom is 0.263 e. The van der Waals surface area contributed by atoms with Gasteiger partial charge in [-0.15, -0.1) is 0 Å². The molecule has 270 valence electrons. The Hall–Kier alpha value is -4.77. The van der Waals surface area contributed by atoms with Crippen LogP contribution in [0.15, 0.2) is 59.5 Å². The number of nitrogens with zero attached hydrogens (tertiary/aromatic N) is 4. The highest BCUT2D eigenvalue weighted by molar-refractivity contribution is 7.92. The maximum atomic E-state index is 13.9. The third-order valence-corrected chi connectivity index (χ3v) is 8.26. The number of para-hydroxylation sites is 2. The van der Waals surface area contributed by atoms with Crippen LogP contribution in [0.5, 0.6) is 34.9 Å². The average molecular weight is 714 g/mol. The second kappa shape index (κ2) is 17.8. The summed E-state index contributed by atoms with van der Waals surface area (Å²) >= 11 is 0. The number of ether oxygens (including phenoxy) is 5. The van der Waals surface area contributed by atoms with Gasteiger partial charge in [-0.05, 0) is 35.2 Å². The quantitative estimate of drug-likeness (QED) is 0.101. The van der Waals surface area contributed by atoms with Gasteiger partial charge in [0, 0.05) is 39.1 Å². The molecule has 4 rings (SSSR count). The summed E-state index contributed by atoms with van der Waals surface area (Å²) in [5.74, 6) is -0.290. The van der Waals surface area contributed by atoms with E-state index in [-0.39, 0.29) is 103 Å². The van der Waals surface area contributed by atoms with Crippen LogP contribution in [0, 0.1) is 0 Å². The highest BCUT2D eigenvalue weighted by Crippen LogP contribution is 2.42. The molecule has 2 heterocycles. The molecule has 4 N–H and O–H groups in total. The Labute approximate surface area is 291 Å². The molecule has 0 unspecified atom stereocenters. The molecule has 0 saturated heterocycles. The molecular formula is C34H43N5O10S. The molecule has 2 aromatic carbocycles. The monoisotopic (exact) mass is 713 g/mol. The minimum absolute atomic E-state index is 0.0175. The van der Waals surface area contributed by atoms with E-state index < -0.39 is 10.0 Å². The van der Waals surface area contributed by atoms with Gasteiger partial charge in [0.15, 0.2) is 17.3 Å². The molecule has 2 aromatic heterocycles. The van der Waals surface area contributed by atoms with Crippen LogP contribution in [0.3, 0.4) is 0 Å². The van der Waals surface area contributed by atoms with E-state index in [2.05, 4.69) is 24.7 Å². The van der Waals surface area contributed by atoms with Crippen molar-refractivity contribution in [2.24, 2.45) is 0 Å². The largest absolute Gasteiger partial charge is 0.493 e. The Morgan fingerprint density at radius 2 is 1.26 bits per heavy atom. The lowest BCUT2D eigenvalue weighted by molar-refractivity contribution is 0.221. The Kier molecular flexibility index (Phi) is 13.5. The second-order valence-corrected chi connectivity index (χ2v) is 13.5. The van der Waals surface area contributed by atoms with Crippen molar-refractivity contribution in [2.45, 2.75) is 50.3 Å². The minimum atomic E-state index is -4.28. The molecule has 0 aliphatic carbocycles. The smallest absolute Gasteiger partial charge is 0.263 e. The number of hydrogen-bond donors (Lipinski definition) is 4. The van der Waals surface area contributed by atoms with Crippen molar-refractivity contribution < 1.29 is 47.4 Å². The molecule has 0 atom stereocenters. The van der Waals surface area contributed by atoms with Gasteiger partial charge in [-0.2, -0.15) is 15.0 Å². The average Bonchev–Trinajstić information content (AvgIpc) is 3.09. The molecule has 0 saturated carbocycles. The number of methoxy groups -OCH3 is 1. The minimum Gasteiger partial charge on any atom is -0.493 e. The number of nitrogens with one attached hydrogen (secondary N) is 1. The SMILES string of the molecule is COc1ccccc1Oc1c(NS(=O)(=O)c2ccc(C(C)(C)C)cc2)nc(-c2nc(OCCCO)cc(OCCCO)n2)nc1OCCCO. The van der Waals surface area contributed by atoms with Gasteiger partial charge in [-0.25, -0.2) is 13.4 Å². The predicted molar refractivity (Wildman–Crippen MR) is 184 cm³/mol. The number of benzene rings is 2. The van der Waals surface area contributed by atoms with Crippen LogP contribution in [0.2, 0.25) is 0 Å². The third-order valence-electron chi connectivity index (χ3n) is 6.90. The molecule has 0 radical (unpaired) electrons. The predicted octanol–water partition coefficient (Wildman–Crippen LogP) is 4.12. The van der Waals surface area contributed by atoms with Crippen molar-refractivity contribution in [1.29, 1.82) is 0 Å². The van der Waals surface area contributed by atoms with Gasteiger partial charge in [0.1, 0.15) is 0 Å². The van der Waals surface area contributed by atoms with E-state index >= 15 is 0 Å². The van der Waals surface area contributed by atoms with Crippen molar-refractivity contribution in [1.82, 2.24) is 19.9 Å². The normalized spacial score (nSPS) is 11.6. The molecule has 0 spiro atoms. The summed E-state index contributed by atoms with van der Waals surface area (Å²) in [6, 6.07) is 14.6. The molecule has 0 aliphatic heterocycles. The number of sulfonamides is 1. The first-order valence-electron chi connectivity index (χ1n) is 16.0. The third kappa shape index (κ3) is 10.4. The first-order chi connectivity index (χ1) is 24.0. The fraction of sp³-hybridized carbons (Fsp3) is 0.412. The Morgan fingerprint density at radius 3 is 1.80 bits per heavy atom. The highest BCUT2D eigenvalue weighted by Gasteiger charge is 2.27. The molecule has 4 aromatic rings. The Balaban J connectivity index is 1.90. The van der Waals surface area contributed by atoms with Crippen molar-refractivity contribution in [2.75, 3.05) is 51.5 Å². The number of aromatic nitrogens is 4. The summed E-state index contributed by atoms with van der Waals surface area (Å²) < 4.78 is 59.2. The number of hydrogen-bond acceptors (Lipinski definition) is 14. The molecule has 0 bridgehead atoms. The lowest BCUT2D eigenvalue weighted by Crippen LogP contribution is -2.17. The van der Waals surface area contributed by atoms with Gasteiger partial charge in [0.2, 0.25) is 29.2 Å². The van der Waals surface area contributed by atoms with Crippen LogP contribution < -0.4 is 28.4 Å². The molecule has 16 heteroatoms. The molecule has 15 nitrogen and oxygen atoms in total. The highest BCUT2D eigenvalue weighted by atomic mass is 32.2. The number of anilines is 1. The summed E-state index contributed by atoms with van der Waals surface area (Å²) in [4.78, 5) is 17.8. The topological polar surface area (TPSA) is 205 Å². The van der Waals surface area contributed by atoms with Crippen LogP contribution in [0.1, 0.15) is 45.6 Å². The van der Waals surface area contributed by atoms with E-state index in [0.717, 1.165) is 5.56 Å². The second-order valence-electron chi connectivity index (χ2n) is 11.8. The summed E-state index contributed by atoms with van der Waals surface area (Å²) in [5, 5.41) is 27.9. The van der Waals surface area contributed by atoms with Gasteiger partial charge in [0.25, 0.3) is 15.9 Å². The van der Waals surface area contributed by atoms with E-state index in [1.807, 2.05) is 20.8 Å². The molecule has 0 amide bonds. The molecule has 50 heavy (non-hydrogen) atoms. The van der Waals surface area contributed by atoms with Crippen molar-refractivity contribution in [3.8, 4) is 46.5 Å². The van der Waals surface area contributed by atoms with Crippen LogP contribution in [-0.4, -0.2) is 90.4 Å². The van der Waals surface area contributed by atoms with Gasteiger partial charge < -0.3 is 39.0 Å². The van der Waals surface area contributed by atoms with Gasteiger partial charge in [-0.3, -0.25) is 4.72 Å². The number of aliphatic hydroxyl groups is 3. The van der Waals surface area contributed by atoms with Gasteiger partial charge in [-0.1, -0.05) is 45.0 Å². The van der Waals surface area contributed by atoms with E-state index in [1.54, 1.807) is 36.4 Å². The lowest BCUT2D eigenvalue weighted by atomic mass is 9.87. The Bertz CT molecular complexity index is 1770. The zero-order valence-electron chi connectivity index (χ0n) is 28.5. The molecular weight excluding hydrogens is 670 g/mol. The van der Waals surface area contributed by atoms with Gasteiger partial charge >= 0.3 is 0 Å². The number of rotatable bonds is 19. The lowest BCUT2D eigenvalue weighted by Gasteiger charge is -2.20. The van der Waals surface area contributed by atoms with Crippen LogP contribution >= 0.6 is 0 Å². The summed E-state index contributed by atoms with van der Waals surface area (Å²) in [6.07, 6.45) is 0.885. The van der Waals surface area contributed by atoms with E-state index in [4.69, 9.17) is 23.7 Å². The number of aliphatic hydroxyl groups excluding tert-OH is 3. The fourth-order valence-corrected chi connectivity index (χ4v) is 5.30. The molecule has 0 aliphatic rings. The zero-order valence-corrected chi connectivity index (χ0v) is 29.3. The summed E-state index contributed by atoms with van der Waals surface area (Å²) in [6.45, 7) is 5.91. The fourth-order valence-electron chi connectivity index (χ4n) is 4.29. The first kappa shape index (κ1) is 38.0. The van der Waals surface area contributed by atoms with Crippen LogP contribution in [0.25, 0.3) is 11.6 Å². The van der Waals surface area contributed by atoms with Crippen molar-refractivity contribution >= 4 is 15.8 Å². The van der Waals surface area contributed by atoms with E-state index in [1.165, 1.54) is 25.3 Å².